The average Bonchev–Trinajstić information content (AvgIpc) is 3.75. The van der Waals surface area contributed by atoms with E-state index in [-0.39, 0.29) is 31.3 Å². The highest BCUT2D eigenvalue weighted by atomic mass is 19.1. The fraction of sp³-hybridized carbons (Fsp3) is 0.571. The van der Waals surface area contributed by atoms with Crippen LogP contribution in [0, 0.1) is 5.82 Å². The Bertz CT molecular complexity index is 1160. The van der Waals surface area contributed by atoms with Gasteiger partial charge in [-0.25, -0.2) is 9.18 Å². The van der Waals surface area contributed by atoms with Crippen LogP contribution >= 0.6 is 0 Å². The molecule has 12 heteroatoms. The number of carbonyl (C=O) groups excluding carboxylic acids is 2. The highest BCUT2D eigenvalue weighted by molar-refractivity contribution is 6.41. The van der Waals surface area contributed by atoms with Gasteiger partial charge < -0.3 is 30.7 Å². The number of rotatable bonds is 13. The maximum absolute atomic E-state index is 13.5. The number of carboxylic acid groups (broad SMARTS) is 1. The van der Waals surface area contributed by atoms with E-state index in [0.29, 0.717) is 38.0 Å². The lowest BCUT2D eigenvalue weighted by Crippen LogP contribution is -2.50. The highest BCUT2D eigenvalue weighted by Crippen LogP contribution is 2.21. The third kappa shape index (κ3) is 16.3. The molecule has 4 rings (SSSR count). The number of hydrogen-bond donors (Lipinski definition) is 5. The number of hydrogen-bond acceptors (Lipinski definition) is 6. The summed E-state index contributed by atoms with van der Waals surface area (Å²) in [7, 11) is -1.62. The minimum Gasteiger partial charge on any atom is -0.465 e. The summed E-state index contributed by atoms with van der Waals surface area (Å²) in [5.41, 5.74) is 2.72. The number of amides is 3. The fourth-order valence-corrected chi connectivity index (χ4v) is 5.19. The lowest BCUT2D eigenvalue weighted by Gasteiger charge is -2.24. The lowest BCUT2D eigenvalue weighted by atomic mass is 9.92. The van der Waals surface area contributed by atoms with Crippen LogP contribution in [-0.4, -0.2) is 75.6 Å². The molecule has 0 saturated carbocycles. The van der Waals surface area contributed by atoms with Gasteiger partial charge in [-0.1, -0.05) is 115 Å². The molecule has 5 N–H and O–H groups in total. The predicted molar refractivity (Wildman–Crippen MR) is 185 cm³/mol. The zero-order chi connectivity index (χ0) is 35.0. The molecule has 2 aliphatic heterocycles. The maximum atomic E-state index is 13.5. The highest BCUT2D eigenvalue weighted by Gasteiger charge is 2.34. The molecule has 3 amide bonds. The normalized spacial score (nSPS) is 14.4. The lowest BCUT2D eigenvalue weighted by molar-refractivity contribution is -0.137. The largest absolute Gasteiger partial charge is 0.472 e. The standard InChI is InChI=1S/C15H21BFN3O4.C9H9NO2.C9H20.C2H6/c17-12-5-2-1-4-11(12)8-18-9-14(21)20-7-3-6-13(20)15(22)19-10-16(23)24;11-9(12)10-5-7-3-1-2-4-8(7)6-10;1-3-5-7-9-8-6-4-2;1-2/h1-2,4-5,13,18,23-24H,3,6-10H2,(H,19,22);1-4H,5-6H2,(H,11,12);3-9H2,1-2H3;1-2H3. The van der Waals surface area contributed by atoms with Crippen molar-refractivity contribution < 1.29 is 33.9 Å². The second-order valence-electron chi connectivity index (χ2n) is 11.3. The Morgan fingerprint density at radius 2 is 1.45 bits per heavy atom. The first kappa shape index (κ1) is 41.5. The van der Waals surface area contributed by atoms with Crippen LogP contribution in [-0.2, 0) is 29.2 Å². The Balaban J connectivity index is 0.000000397. The molecule has 2 aliphatic rings. The Kier molecular flexibility index (Phi) is 21.8. The number of halogens is 1. The van der Waals surface area contributed by atoms with Crippen LogP contribution in [0.4, 0.5) is 9.18 Å². The SMILES string of the molecule is CC.CCCCCCCCC.O=C(NCB(O)O)C1CCCN1C(=O)CNCc1ccccc1F.O=C(O)N1Cc2ccccc2C1. The molecule has 10 nitrogen and oxygen atoms in total. The molecular formula is C35H56BFN4O6. The first-order chi connectivity index (χ1) is 22.7. The first-order valence-electron chi connectivity index (χ1n) is 17.1. The summed E-state index contributed by atoms with van der Waals surface area (Å²) in [5, 5.41) is 31.6. The van der Waals surface area contributed by atoms with Gasteiger partial charge in [0.1, 0.15) is 11.9 Å². The molecule has 47 heavy (non-hydrogen) atoms. The predicted octanol–water partition coefficient (Wildman–Crippen LogP) is 5.50. The number of carbonyl (C=O) groups is 3. The summed E-state index contributed by atoms with van der Waals surface area (Å²) in [4.78, 5) is 37.7. The quantitative estimate of drug-likeness (QED) is 0.141. The van der Waals surface area contributed by atoms with E-state index in [1.807, 2.05) is 38.1 Å². The summed E-state index contributed by atoms with van der Waals surface area (Å²) in [6.07, 6.45) is 10.1. The van der Waals surface area contributed by atoms with Crippen LogP contribution < -0.4 is 10.6 Å². The van der Waals surface area contributed by atoms with Crippen LogP contribution in [0.25, 0.3) is 0 Å². The van der Waals surface area contributed by atoms with E-state index in [4.69, 9.17) is 15.2 Å². The van der Waals surface area contributed by atoms with E-state index >= 15 is 0 Å². The third-order valence-electron chi connectivity index (χ3n) is 7.70. The van der Waals surface area contributed by atoms with Crippen molar-refractivity contribution in [3.05, 3.63) is 71.0 Å². The molecule has 0 radical (unpaired) electrons. The number of benzene rings is 2. The van der Waals surface area contributed by atoms with Crippen molar-refractivity contribution in [2.24, 2.45) is 0 Å². The summed E-state index contributed by atoms with van der Waals surface area (Å²) < 4.78 is 13.5. The second kappa shape index (κ2) is 24.7. The Morgan fingerprint density at radius 1 is 0.894 bits per heavy atom. The summed E-state index contributed by atoms with van der Waals surface area (Å²) in [6, 6.07) is 13.5. The summed E-state index contributed by atoms with van der Waals surface area (Å²) in [5.74, 6) is -0.977. The molecule has 262 valence electrons. The number of fused-ring (bicyclic) bond motifs is 1. The van der Waals surface area contributed by atoms with E-state index in [0.717, 1.165) is 11.1 Å². The molecule has 0 aliphatic carbocycles. The van der Waals surface area contributed by atoms with Crippen molar-refractivity contribution in [3.63, 3.8) is 0 Å². The zero-order valence-corrected chi connectivity index (χ0v) is 28.7. The molecule has 2 aromatic carbocycles. The molecule has 1 fully saturated rings. The first-order valence-corrected chi connectivity index (χ1v) is 17.1. The molecule has 0 spiro atoms. The van der Waals surface area contributed by atoms with E-state index in [1.54, 1.807) is 18.2 Å². The summed E-state index contributed by atoms with van der Waals surface area (Å²) >= 11 is 0. The zero-order valence-electron chi connectivity index (χ0n) is 28.7. The number of likely N-dealkylation sites (tertiary alicyclic amines) is 1. The van der Waals surface area contributed by atoms with Gasteiger partial charge in [-0.15, -0.1) is 0 Å². The van der Waals surface area contributed by atoms with Crippen LogP contribution in [0.2, 0.25) is 0 Å². The molecule has 1 atom stereocenters. The van der Waals surface area contributed by atoms with Gasteiger partial charge in [-0.05, 0) is 30.0 Å². The Morgan fingerprint density at radius 3 is 1.98 bits per heavy atom. The number of nitrogens with one attached hydrogen (secondary N) is 2. The topological polar surface area (TPSA) is 142 Å². The molecule has 1 unspecified atom stereocenters. The van der Waals surface area contributed by atoms with E-state index < -0.39 is 25.2 Å². The molecule has 0 bridgehead atoms. The monoisotopic (exact) mass is 658 g/mol. The van der Waals surface area contributed by atoms with Crippen molar-refractivity contribution in [2.45, 2.75) is 111 Å². The maximum Gasteiger partial charge on any atom is 0.472 e. The van der Waals surface area contributed by atoms with Crippen molar-refractivity contribution in [2.75, 3.05) is 19.5 Å². The minimum atomic E-state index is -1.62. The minimum absolute atomic E-state index is 0.000733. The van der Waals surface area contributed by atoms with Gasteiger partial charge in [0.05, 0.1) is 13.0 Å². The van der Waals surface area contributed by atoms with Crippen molar-refractivity contribution in [3.8, 4) is 0 Å². The van der Waals surface area contributed by atoms with Crippen molar-refractivity contribution >= 4 is 25.0 Å². The van der Waals surface area contributed by atoms with E-state index in [9.17, 15) is 18.8 Å². The van der Waals surface area contributed by atoms with Gasteiger partial charge in [-0.3, -0.25) is 14.5 Å². The number of unbranched alkanes of at least 4 members (excludes halogenated alkanes) is 6. The van der Waals surface area contributed by atoms with Gasteiger partial charge in [0.2, 0.25) is 11.8 Å². The van der Waals surface area contributed by atoms with Crippen molar-refractivity contribution in [1.29, 1.82) is 0 Å². The third-order valence-corrected chi connectivity index (χ3v) is 7.70. The molecular weight excluding hydrogens is 602 g/mol. The number of nitrogens with zero attached hydrogens (tertiary/aromatic N) is 2. The Labute approximate surface area is 280 Å². The van der Waals surface area contributed by atoms with Crippen LogP contribution in [0.5, 0.6) is 0 Å². The second-order valence-corrected chi connectivity index (χ2v) is 11.3. The van der Waals surface area contributed by atoms with Gasteiger partial charge in [-0.2, -0.15) is 0 Å². The van der Waals surface area contributed by atoms with Gasteiger partial charge in [0.15, 0.2) is 0 Å². The molecule has 2 aromatic rings. The fourth-order valence-electron chi connectivity index (χ4n) is 5.19. The van der Waals surface area contributed by atoms with Crippen LogP contribution in [0.1, 0.15) is 102 Å². The van der Waals surface area contributed by atoms with E-state index in [1.165, 1.54) is 60.8 Å². The van der Waals surface area contributed by atoms with Gasteiger partial charge >= 0.3 is 13.2 Å². The van der Waals surface area contributed by atoms with Crippen molar-refractivity contribution in [1.82, 2.24) is 20.4 Å². The molecule has 1 saturated heterocycles. The van der Waals surface area contributed by atoms with E-state index in [2.05, 4.69) is 24.5 Å². The van der Waals surface area contributed by atoms with Gasteiger partial charge in [0, 0.05) is 31.7 Å². The summed E-state index contributed by atoms with van der Waals surface area (Å²) in [6.45, 7) is 10.3. The average molecular weight is 659 g/mol. The van der Waals surface area contributed by atoms with Crippen LogP contribution in [0.15, 0.2) is 48.5 Å². The molecule has 2 heterocycles. The van der Waals surface area contributed by atoms with Crippen LogP contribution in [0.3, 0.4) is 0 Å². The Hall–Kier alpha value is -3.48. The van der Waals surface area contributed by atoms with Gasteiger partial charge in [0.25, 0.3) is 0 Å². The smallest absolute Gasteiger partial charge is 0.465 e. The molecule has 0 aromatic heterocycles.